The Labute approximate surface area is 258 Å². The van der Waals surface area contributed by atoms with Crippen molar-refractivity contribution in [3.63, 3.8) is 0 Å². The van der Waals surface area contributed by atoms with Gasteiger partial charge >= 0.3 is 21.1 Å². The van der Waals surface area contributed by atoms with Gasteiger partial charge in [0.25, 0.3) is 0 Å². The van der Waals surface area contributed by atoms with Gasteiger partial charge in [-0.25, -0.2) is 0 Å². The Hall–Kier alpha value is -3.53. The number of ether oxygens (including phenoxy) is 1. The second kappa shape index (κ2) is 11.4. The molecule has 4 aromatic rings. The standard InChI is InChI=1S/C35H34N4O.Pt/c1-25-19-26(2)34(27(3)20-25)38-18-17-37(24-38)28-11-9-13-30(21-28)40-31-14-10-12-29(22-31)39-23-36(6)35(4,5)32-15-7-8-16-33(32)39;/h7-20,23-24H,1-6H3;/q-4;+4. The number of hydrogen-bond donors (Lipinski definition) is 0. The van der Waals surface area contributed by atoms with E-state index in [0.29, 0.717) is 11.5 Å². The van der Waals surface area contributed by atoms with Gasteiger partial charge in [-0.05, 0) is 76.8 Å². The van der Waals surface area contributed by atoms with E-state index >= 15 is 0 Å². The third kappa shape index (κ3) is 5.54. The number of nitrogens with zero attached hydrogens (tertiary/aromatic N) is 4. The molecule has 0 atom stereocenters. The van der Waals surface area contributed by atoms with E-state index in [4.69, 9.17) is 4.74 Å². The SMILES string of the molecule is Cc1cc(C)c(N2C=CN(c3[c-]c(Oc4[c-]c(N5[CH-]N(C)C(C)(C)c6ccccc65)ccc4)ccc3)[CH-]2)c(C)c1.[Pt+4]. The van der Waals surface area contributed by atoms with Gasteiger partial charge in [0.2, 0.25) is 0 Å². The molecule has 0 saturated heterocycles. The molecule has 0 amide bonds. The Bertz CT molecular complexity index is 1570. The summed E-state index contributed by atoms with van der Waals surface area (Å²) in [6.45, 7) is 15.1. The minimum absolute atomic E-state index is 0. The maximum absolute atomic E-state index is 6.29. The largest absolute Gasteiger partial charge is 4.00 e. The molecule has 0 bridgehead atoms. The van der Waals surface area contributed by atoms with Crippen LogP contribution in [0.3, 0.4) is 0 Å². The minimum atomic E-state index is -0.107. The van der Waals surface area contributed by atoms with Crippen molar-refractivity contribution in [2.75, 3.05) is 21.7 Å². The van der Waals surface area contributed by atoms with E-state index in [1.54, 1.807) is 0 Å². The Balaban J connectivity index is 0.00000337. The number of fused-ring (bicyclic) bond motifs is 1. The molecule has 2 aliphatic heterocycles. The first kappa shape index (κ1) is 29.0. The van der Waals surface area contributed by atoms with Crippen LogP contribution in [0.25, 0.3) is 0 Å². The quantitative estimate of drug-likeness (QED) is 0.193. The second-order valence-electron chi connectivity index (χ2n) is 11.1. The fourth-order valence-electron chi connectivity index (χ4n) is 5.57. The van der Waals surface area contributed by atoms with Crippen LogP contribution in [0.1, 0.15) is 36.1 Å². The van der Waals surface area contributed by atoms with E-state index in [0.717, 1.165) is 17.1 Å². The van der Waals surface area contributed by atoms with Crippen LogP contribution in [0.4, 0.5) is 22.7 Å². The van der Waals surface area contributed by atoms with Crippen molar-refractivity contribution in [3.8, 4) is 11.5 Å². The molecule has 5 nitrogen and oxygen atoms in total. The molecule has 4 aromatic carbocycles. The molecule has 0 spiro atoms. The summed E-state index contributed by atoms with van der Waals surface area (Å²) < 4.78 is 6.29. The van der Waals surface area contributed by atoms with E-state index in [1.807, 2.05) is 36.5 Å². The Morgan fingerprint density at radius 3 is 2.05 bits per heavy atom. The molecule has 0 aromatic heterocycles. The topological polar surface area (TPSA) is 22.2 Å². The number of anilines is 4. The molecule has 6 heteroatoms. The predicted molar refractivity (Wildman–Crippen MR) is 163 cm³/mol. The van der Waals surface area contributed by atoms with Gasteiger partial charge in [-0.2, -0.15) is 18.8 Å². The third-order valence-corrected chi connectivity index (χ3v) is 7.79. The zero-order chi connectivity index (χ0) is 28.0. The summed E-state index contributed by atoms with van der Waals surface area (Å²) in [5.41, 5.74) is 9.10. The molecule has 2 heterocycles. The summed E-state index contributed by atoms with van der Waals surface area (Å²) in [6, 6.07) is 31.8. The molecule has 210 valence electrons. The number of aryl methyl sites for hydroxylation is 3. The van der Waals surface area contributed by atoms with Crippen molar-refractivity contribution in [1.82, 2.24) is 4.90 Å². The molecule has 2 aliphatic rings. The van der Waals surface area contributed by atoms with E-state index in [9.17, 15) is 0 Å². The van der Waals surface area contributed by atoms with Gasteiger partial charge < -0.3 is 24.3 Å². The van der Waals surface area contributed by atoms with Gasteiger partial charge in [-0.1, -0.05) is 35.9 Å². The van der Waals surface area contributed by atoms with E-state index in [2.05, 4.69) is 135 Å². The second-order valence-corrected chi connectivity index (χ2v) is 11.1. The molecule has 0 unspecified atom stereocenters. The first-order valence-electron chi connectivity index (χ1n) is 13.6. The fourth-order valence-corrected chi connectivity index (χ4v) is 5.57. The van der Waals surface area contributed by atoms with Gasteiger partial charge in [0, 0.05) is 28.4 Å². The smallest absolute Gasteiger partial charge is 0.509 e. The maximum atomic E-state index is 6.29. The molecule has 6 rings (SSSR count). The zero-order valence-electron chi connectivity index (χ0n) is 24.3. The molecular formula is C35H34N4OPt. The molecule has 0 fully saturated rings. The Kier molecular flexibility index (Phi) is 8.05. The van der Waals surface area contributed by atoms with Crippen molar-refractivity contribution in [2.24, 2.45) is 0 Å². The number of para-hydroxylation sites is 1. The van der Waals surface area contributed by atoms with Gasteiger partial charge in [0.05, 0.1) is 0 Å². The zero-order valence-corrected chi connectivity index (χ0v) is 26.5. The van der Waals surface area contributed by atoms with Crippen LogP contribution in [-0.2, 0) is 26.6 Å². The normalized spacial score (nSPS) is 16.0. The molecular weight excluding hydrogens is 687 g/mol. The monoisotopic (exact) mass is 721 g/mol. The van der Waals surface area contributed by atoms with E-state index < -0.39 is 0 Å². The van der Waals surface area contributed by atoms with Crippen molar-refractivity contribution in [3.05, 3.63) is 133 Å². The minimum Gasteiger partial charge on any atom is -0.509 e. The summed E-state index contributed by atoms with van der Waals surface area (Å²) in [5.74, 6) is 1.27. The van der Waals surface area contributed by atoms with E-state index in [-0.39, 0.29) is 26.6 Å². The molecule has 0 aliphatic carbocycles. The molecule has 0 radical (unpaired) electrons. The average Bonchev–Trinajstić information content (AvgIpc) is 3.40. The van der Waals surface area contributed by atoms with Crippen LogP contribution in [0, 0.1) is 46.2 Å². The van der Waals surface area contributed by atoms with Crippen molar-refractivity contribution < 1.29 is 25.8 Å². The summed E-state index contributed by atoms with van der Waals surface area (Å²) >= 11 is 0. The van der Waals surface area contributed by atoms with Crippen LogP contribution in [0.5, 0.6) is 11.5 Å². The number of benzene rings is 4. The predicted octanol–water partition coefficient (Wildman–Crippen LogP) is 8.36. The van der Waals surface area contributed by atoms with Gasteiger partial charge in [-0.3, -0.25) is 0 Å². The van der Waals surface area contributed by atoms with Crippen LogP contribution < -0.4 is 19.4 Å². The van der Waals surface area contributed by atoms with Crippen LogP contribution in [0.15, 0.2) is 85.2 Å². The maximum Gasteiger partial charge on any atom is 4.00 e. The van der Waals surface area contributed by atoms with Crippen LogP contribution >= 0.6 is 0 Å². The first-order valence-corrected chi connectivity index (χ1v) is 13.6. The van der Waals surface area contributed by atoms with Crippen LogP contribution in [-0.4, -0.2) is 11.9 Å². The van der Waals surface area contributed by atoms with Gasteiger partial charge in [0.15, 0.2) is 0 Å². The fraction of sp³-hybridized carbons (Fsp3) is 0.200. The summed E-state index contributed by atoms with van der Waals surface area (Å²) in [7, 11) is 2.11. The molecule has 0 N–H and O–H groups in total. The first-order chi connectivity index (χ1) is 19.2. The van der Waals surface area contributed by atoms with Crippen molar-refractivity contribution in [2.45, 2.75) is 40.2 Å². The average molecular weight is 722 g/mol. The Morgan fingerprint density at radius 2 is 1.34 bits per heavy atom. The van der Waals surface area contributed by atoms with Crippen LogP contribution in [0.2, 0.25) is 0 Å². The van der Waals surface area contributed by atoms with Gasteiger partial charge in [-0.15, -0.1) is 54.4 Å². The van der Waals surface area contributed by atoms with Crippen molar-refractivity contribution >= 4 is 22.7 Å². The number of hydrogen-bond acceptors (Lipinski definition) is 5. The van der Waals surface area contributed by atoms with Gasteiger partial charge in [0.1, 0.15) is 0 Å². The summed E-state index contributed by atoms with van der Waals surface area (Å²) in [6.07, 6.45) is 4.12. The summed E-state index contributed by atoms with van der Waals surface area (Å²) in [5, 5.41) is 0. The van der Waals surface area contributed by atoms with Crippen molar-refractivity contribution in [1.29, 1.82) is 0 Å². The van der Waals surface area contributed by atoms with E-state index in [1.165, 1.54) is 27.9 Å². The molecule has 41 heavy (non-hydrogen) atoms. The number of rotatable bonds is 5. The summed E-state index contributed by atoms with van der Waals surface area (Å²) in [4.78, 5) is 8.62. The third-order valence-electron chi connectivity index (χ3n) is 7.79. The molecule has 0 saturated carbocycles. The Morgan fingerprint density at radius 1 is 0.732 bits per heavy atom.